The Hall–Kier alpha value is -2.60. The first-order valence-electron chi connectivity index (χ1n) is 7.63. The maximum atomic E-state index is 12.0. The molecule has 0 bridgehead atoms. The maximum Gasteiger partial charge on any atom is 0.227 e. The number of amides is 1. The number of methoxy groups -OCH3 is 1. The number of rotatable bonds is 7. The van der Waals surface area contributed by atoms with Crippen molar-refractivity contribution in [1.82, 2.24) is 14.5 Å². The summed E-state index contributed by atoms with van der Waals surface area (Å²) in [6.07, 6.45) is 6.51. The summed E-state index contributed by atoms with van der Waals surface area (Å²) in [5.74, 6) is 0.436. The van der Waals surface area contributed by atoms with Gasteiger partial charge in [-0.15, -0.1) is 0 Å². The van der Waals surface area contributed by atoms with Gasteiger partial charge in [-0.25, -0.2) is 4.98 Å². The highest BCUT2D eigenvalue weighted by Gasteiger charge is 2.10. The molecule has 0 aliphatic heterocycles. The molecule has 6 nitrogen and oxygen atoms in total. The predicted molar refractivity (Wildman–Crippen MR) is 89.4 cm³/mol. The second-order valence-corrected chi connectivity index (χ2v) is 5.34. The standard InChI is InChI=1S/C17H20N4O2/c1-23-11-10-21-12-13(14-4-2-3-5-15(14)21)6-7-16(22)20-17-18-8-9-19-17/h2-5,8-9,12H,6-7,10-11H2,1H3,(H2,18,19,20,22). The van der Waals surface area contributed by atoms with Crippen molar-refractivity contribution in [2.75, 3.05) is 19.0 Å². The molecule has 0 saturated heterocycles. The second kappa shape index (κ2) is 7.11. The van der Waals surface area contributed by atoms with Crippen LogP contribution in [0.25, 0.3) is 10.9 Å². The van der Waals surface area contributed by atoms with Gasteiger partial charge in [0.15, 0.2) is 0 Å². The van der Waals surface area contributed by atoms with Gasteiger partial charge in [0.2, 0.25) is 11.9 Å². The van der Waals surface area contributed by atoms with E-state index in [2.05, 4.69) is 38.2 Å². The van der Waals surface area contributed by atoms with E-state index in [1.807, 2.05) is 12.1 Å². The first-order valence-corrected chi connectivity index (χ1v) is 7.63. The first-order chi connectivity index (χ1) is 11.3. The highest BCUT2D eigenvalue weighted by atomic mass is 16.5. The normalized spacial score (nSPS) is 11.0. The fourth-order valence-electron chi connectivity index (χ4n) is 2.67. The monoisotopic (exact) mass is 312 g/mol. The molecular weight excluding hydrogens is 292 g/mol. The number of ether oxygens (including phenoxy) is 1. The van der Waals surface area contributed by atoms with Gasteiger partial charge >= 0.3 is 0 Å². The summed E-state index contributed by atoms with van der Waals surface area (Å²) in [6.45, 7) is 1.46. The maximum absolute atomic E-state index is 12.0. The average Bonchev–Trinajstić information content (AvgIpc) is 3.19. The van der Waals surface area contributed by atoms with E-state index in [-0.39, 0.29) is 5.91 Å². The Morgan fingerprint density at radius 1 is 1.39 bits per heavy atom. The molecule has 3 rings (SSSR count). The lowest BCUT2D eigenvalue weighted by molar-refractivity contribution is -0.116. The number of aromatic amines is 1. The minimum Gasteiger partial charge on any atom is -0.383 e. The Bertz CT molecular complexity index is 777. The molecular formula is C17H20N4O2. The third kappa shape index (κ3) is 3.60. The van der Waals surface area contributed by atoms with Crippen molar-refractivity contribution < 1.29 is 9.53 Å². The number of carbonyl (C=O) groups excluding carboxylic acids is 1. The summed E-state index contributed by atoms with van der Waals surface area (Å²) in [5.41, 5.74) is 2.34. The quantitative estimate of drug-likeness (QED) is 0.704. The van der Waals surface area contributed by atoms with Crippen LogP contribution in [-0.4, -0.2) is 34.2 Å². The molecule has 1 amide bonds. The van der Waals surface area contributed by atoms with Crippen molar-refractivity contribution in [3.05, 3.63) is 48.4 Å². The molecule has 2 heterocycles. The SMILES string of the molecule is COCCn1cc(CCC(=O)Nc2ncc[nH]2)c2ccccc21. The fourth-order valence-corrected chi connectivity index (χ4v) is 2.67. The number of fused-ring (bicyclic) bond motifs is 1. The number of aryl methyl sites for hydroxylation is 1. The van der Waals surface area contributed by atoms with Gasteiger partial charge in [-0.2, -0.15) is 0 Å². The Balaban J connectivity index is 1.71. The van der Waals surface area contributed by atoms with Crippen LogP contribution in [0.1, 0.15) is 12.0 Å². The molecule has 2 N–H and O–H groups in total. The number of nitrogens with one attached hydrogen (secondary N) is 2. The van der Waals surface area contributed by atoms with Gasteiger partial charge in [0.25, 0.3) is 0 Å². The topological polar surface area (TPSA) is 71.9 Å². The van der Waals surface area contributed by atoms with Gasteiger partial charge in [-0.1, -0.05) is 18.2 Å². The molecule has 120 valence electrons. The zero-order valence-corrected chi connectivity index (χ0v) is 13.1. The number of nitrogens with zero attached hydrogens (tertiary/aromatic N) is 2. The number of imidazole rings is 1. The largest absolute Gasteiger partial charge is 0.383 e. The molecule has 0 aliphatic carbocycles. The number of para-hydroxylation sites is 1. The smallest absolute Gasteiger partial charge is 0.227 e. The molecule has 2 aromatic heterocycles. The second-order valence-electron chi connectivity index (χ2n) is 5.34. The van der Waals surface area contributed by atoms with Crippen LogP contribution in [0.5, 0.6) is 0 Å². The van der Waals surface area contributed by atoms with Crippen LogP contribution < -0.4 is 5.32 Å². The molecule has 0 atom stereocenters. The van der Waals surface area contributed by atoms with Gasteiger partial charge in [0.05, 0.1) is 6.61 Å². The molecule has 0 saturated carbocycles. The third-order valence-electron chi connectivity index (χ3n) is 3.78. The lowest BCUT2D eigenvalue weighted by Crippen LogP contribution is -2.13. The summed E-state index contributed by atoms with van der Waals surface area (Å²) < 4.78 is 7.34. The van der Waals surface area contributed by atoms with Crippen molar-refractivity contribution in [3.63, 3.8) is 0 Å². The van der Waals surface area contributed by atoms with Crippen LogP contribution in [0.4, 0.5) is 5.95 Å². The lowest BCUT2D eigenvalue weighted by atomic mass is 10.1. The van der Waals surface area contributed by atoms with Crippen molar-refractivity contribution in [3.8, 4) is 0 Å². The molecule has 0 fully saturated rings. The first kappa shape index (κ1) is 15.3. The molecule has 23 heavy (non-hydrogen) atoms. The molecule has 0 unspecified atom stereocenters. The number of benzene rings is 1. The van der Waals surface area contributed by atoms with Gasteiger partial charge < -0.3 is 14.3 Å². The number of carbonyl (C=O) groups is 1. The van der Waals surface area contributed by atoms with Gasteiger partial charge in [0.1, 0.15) is 0 Å². The molecule has 0 aliphatic rings. The summed E-state index contributed by atoms with van der Waals surface area (Å²) in [7, 11) is 1.70. The van der Waals surface area contributed by atoms with Crippen molar-refractivity contribution in [2.45, 2.75) is 19.4 Å². The van der Waals surface area contributed by atoms with E-state index < -0.39 is 0 Å². The number of hydrogen-bond donors (Lipinski definition) is 2. The predicted octanol–water partition coefficient (Wildman–Crippen LogP) is 2.58. The average molecular weight is 312 g/mol. The zero-order valence-electron chi connectivity index (χ0n) is 13.1. The molecule has 3 aromatic rings. The Morgan fingerprint density at radius 2 is 2.26 bits per heavy atom. The number of hydrogen-bond acceptors (Lipinski definition) is 3. The Kier molecular flexibility index (Phi) is 4.73. The summed E-state index contributed by atoms with van der Waals surface area (Å²) in [6, 6.07) is 8.24. The van der Waals surface area contributed by atoms with Crippen molar-refractivity contribution in [1.29, 1.82) is 0 Å². The minimum atomic E-state index is -0.0475. The van der Waals surface area contributed by atoms with Gasteiger partial charge in [-0.05, 0) is 18.1 Å². The summed E-state index contributed by atoms with van der Waals surface area (Å²) >= 11 is 0. The number of aromatic nitrogens is 3. The van der Waals surface area contributed by atoms with E-state index in [1.165, 1.54) is 16.5 Å². The molecule has 0 spiro atoms. The van der Waals surface area contributed by atoms with Crippen LogP contribution in [0.3, 0.4) is 0 Å². The number of anilines is 1. The Labute approximate surface area is 134 Å². The lowest BCUT2D eigenvalue weighted by Gasteiger charge is -2.03. The zero-order chi connectivity index (χ0) is 16.1. The summed E-state index contributed by atoms with van der Waals surface area (Å²) in [4.78, 5) is 18.9. The fraction of sp³-hybridized carbons (Fsp3) is 0.294. The van der Waals surface area contributed by atoms with Crippen LogP contribution in [0.2, 0.25) is 0 Å². The van der Waals surface area contributed by atoms with E-state index in [0.717, 1.165) is 6.54 Å². The van der Waals surface area contributed by atoms with E-state index in [4.69, 9.17) is 4.74 Å². The summed E-state index contributed by atoms with van der Waals surface area (Å²) in [5, 5.41) is 3.94. The van der Waals surface area contributed by atoms with Crippen LogP contribution in [0, 0.1) is 0 Å². The highest BCUT2D eigenvalue weighted by Crippen LogP contribution is 2.22. The van der Waals surface area contributed by atoms with E-state index in [9.17, 15) is 4.79 Å². The van der Waals surface area contributed by atoms with Crippen molar-refractivity contribution >= 4 is 22.8 Å². The van der Waals surface area contributed by atoms with Gasteiger partial charge in [-0.3, -0.25) is 10.1 Å². The molecule has 6 heteroatoms. The van der Waals surface area contributed by atoms with E-state index in [0.29, 0.717) is 25.4 Å². The van der Waals surface area contributed by atoms with Crippen LogP contribution >= 0.6 is 0 Å². The van der Waals surface area contributed by atoms with E-state index >= 15 is 0 Å². The Morgan fingerprint density at radius 3 is 3.04 bits per heavy atom. The number of H-pyrrole nitrogens is 1. The molecule has 1 aromatic carbocycles. The van der Waals surface area contributed by atoms with Crippen LogP contribution in [0.15, 0.2) is 42.9 Å². The van der Waals surface area contributed by atoms with Gasteiger partial charge in [0, 0.05) is 49.6 Å². The van der Waals surface area contributed by atoms with E-state index in [1.54, 1.807) is 19.5 Å². The van der Waals surface area contributed by atoms with Crippen molar-refractivity contribution in [2.24, 2.45) is 0 Å². The molecule has 0 radical (unpaired) electrons. The van der Waals surface area contributed by atoms with Crippen LogP contribution in [-0.2, 0) is 22.5 Å². The minimum absolute atomic E-state index is 0.0475. The third-order valence-corrected chi connectivity index (χ3v) is 3.78. The highest BCUT2D eigenvalue weighted by molar-refractivity contribution is 5.90.